The molecule has 0 aromatic heterocycles. The van der Waals surface area contributed by atoms with Gasteiger partial charge >= 0.3 is 0 Å². The van der Waals surface area contributed by atoms with Crippen LogP contribution in [0.5, 0.6) is 0 Å². The zero-order chi connectivity index (χ0) is 13.8. The molecule has 1 aromatic rings. The van der Waals surface area contributed by atoms with Crippen molar-refractivity contribution < 1.29 is 8.42 Å². The van der Waals surface area contributed by atoms with E-state index in [4.69, 9.17) is 12.2 Å². The molecule has 0 unspecified atom stereocenters. The number of aryl methyl sites for hydroxylation is 2. The lowest BCUT2D eigenvalue weighted by Gasteiger charge is -2.24. The summed E-state index contributed by atoms with van der Waals surface area (Å²) in [6.45, 7) is 4.13. The maximum atomic E-state index is 11.8. The van der Waals surface area contributed by atoms with Crippen molar-refractivity contribution in [1.82, 2.24) is 0 Å². The molecule has 2 aliphatic heterocycles. The Hall–Kier alpha value is -0.590. The smallest absolute Gasteiger partial charge is 0.153 e. The molecule has 0 saturated carbocycles. The first-order chi connectivity index (χ1) is 8.87. The van der Waals surface area contributed by atoms with Crippen LogP contribution < -0.4 is 4.90 Å². The molecule has 6 heteroatoms. The number of rotatable bonds is 1. The van der Waals surface area contributed by atoms with E-state index >= 15 is 0 Å². The summed E-state index contributed by atoms with van der Waals surface area (Å²) in [7, 11) is -2.91. The molecule has 0 amide bonds. The molecule has 2 aliphatic rings. The first kappa shape index (κ1) is 13.4. The van der Waals surface area contributed by atoms with Crippen LogP contribution in [0.3, 0.4) is 0 Å². The van der Waals surface area contributed by atoms with Crippen LogP contribution >= 0.6 is 24.0 Å². The van der Waals surface area contributed by atoms with Gasteiger partial charge in [-0.05, 0) is 37.1 Å². The molecule has 2 saturated heterocycles. The number of anilines is 1. The van der Waals surface area contributed by atoms with E-state index in [2.05, 4.69) is 26.0 Å². The number of sulfone groups is 1. The van der Waals surface area contributed by atoms with Crippen molar-refractivity contribution in [2.45, 2.75) is 25.1 Å². The van der Waals surface area contributed by atoms with E-state index in [0.29, 0.717) is 0 Å². The minimum absolute atomic E-state index is 0.00426. The van der Waals surface area contributed by atoms with Crippen LogP contribution in [-0.4, -0.2) is 35.5 Å². The van der Waals surface area contributed by atoms with Gasteiger partial charge in [0.1, 0.15) is 4.32 Å². The molecule has 0 N–H and O–H groups in total. The van der Waals surface area contributed by atoms with Crippen LogP contribution in [0.15, 0.2) is 18.2 Å². The highest BCUT2D eigenvalue weighted by molar-refractivity contribution is 8.24. The van der Waals surface area contributed by atoms with Crippen molar-refractivity contribution in [3.05, 3.63) is 29.3 Å². The van der Waals surface area contributed by atoms with Crippen LogP contribution in [0.1, 0.15) is 11.1 Å². The first-order valence-corrected chi connectivity index (χ1v) is 9.26. The summed E-state index contributed by atoms with van der Waals surface area (Å²) in [5, 5.41) is 0.0964. The molecule has 0 spiro atoms. The highest BCUT2D eigenvalue weighted by atomic mass is 32.2. The highest BCUT2D eigenvalue weighted by Crippen LogP contribution is 2.41. The van der Waals surface area contributed by atoms with Crippen molar-refractivity contribution in [2.75, 3.05) is 16.4 Å². The van der Waals surface area contributed by atoms with Gasteiger partial charge in [-0.2, -0.15) is 0 Å². The molecule has 0 radical (unpaired) electrons. The van der Waals surface area contributed by atoms with E-state index in [-0.39, 0.29) is 22.8 Å². The Labute approximate surface area is 123 Å². The Balaban J connectivity index is 1.99. The second kappa shape index (κ2) is 4.46. The number of benzene rings is 1. The summed E-state index contributed by atoms with van der Waals surface area (Å²) in [6.07, 6.45) is 0. The Morgan fingerprint density at radius 1 is 1.26 bits per heavy atom. The average molecular weight is 313 g/mol. The molecule has 0 bridgehead atoms. The first-order valence-electron chi connectivity index (χ1n) is 6.15. The monoisotopic (exact) mass is 313 g/mol. The van der Waals surface area contributed by atoms with E-state index < -0.39 is 9.84 Å². The van der Waals surface area contributed by atoms with Crippen LogP contribution in [0.2, 0.25) is 0 Å². The Morgan fingerprint density at radius 2 is 2.00 bits per heavy atom. The maximum Gasteiger partial charge on any atom is 0.153 e. The zero-order valence-electron chi connectivity index (χ0n) is 10.8. The van der Waals surface area contributed by atoms with Gasteiger partial charge in [0.15, 0.2) is 9.84 Å². The van der Waals surface area contributed by atoms with Crippen LogP contribution in [-0.2, 0) is 9.84 Å². The summed E-state index contributed by atoms with van der Waals surface area (Å²) < 4.78 is 24.3. The third kappa shape index (κ3) is 2.30. The van der Waals surface area contributed by atoms with E-state index in [9.17, 15) is 8.42 Å². The van der Waals surface area contributed by atoms with Crippen LogP contribution in [0.25, 0.3) is 0 Å². The van der Waals surface area contributed by atoms with Crippen molar-refractivity contribution >= 4 is 43.8 Å². The van der Waals surface area contributed by atoms with Crippen LogP contribution in [0.4, 0.5) is 5.69 Å². The largest absolute Gasteiger partial charge is 0.322 e. The second-order valence-electron chi connectivity index (χ2n) is 5.21. The molecule has 19 heavy (non-hydrogen) atoms. The van der Waals surface area contributed by atoms with Gasteiger partial charge in [0, 0.05) is 10.9 Å². The number of thioether (sulfide) groups is 1. The fourth-order valence-electron chi connectivity index (χ4n) is 2.64. The van der Waals surface area contributed by atoms with Gasteiger partial charge in [-0.15, -0.1) is 0 Å². The number of fused-ring (bicyclic) bond motifs is 1. The molecule has 1 aromatic carbocycles. The summed E-state index contributed by atoms with van der Waals surface area (Å²) in [6, 6.07) is 6.19. The third-order valence-corrected chi connectivity index (χ3v) is 7.42. The van der Waals surface area contributed by atoms with Crippen molar-refractivity contribution in [1.29, 1.82) is 0 Å². The lowest BCUT2D eigenvalue weighted by atomic mass is 10.1. The van der Waals surface area contributed by atoms with Gasteiger partial charge in [-0.1, -0.05) is 30.0 Å². The average Bonchev–Trinajstić information content (AvgIpc) is 2.73. The van der Waals surface area contributed by atoms with Gasteiger partial charge < -0.3 is 4.90 Å². The SMILES string of the molecule is Cc1ccc(N2C(=S)S[C@H]3CS(=O)(=O)C[C@H]32)cc1C. The maximum absolute atomic E-state index is 11.8. The lowest BCUT2D eigenvalue weighted by molar-refractivity contribution is 0.601. The lowest BCUT2D eigenvalue weighted by Crippen LogP contribution is -2.36. The second-order valence-corrected chi connectivity index (χ2v) is 9.23. The number of hydrogen-bond donors (Lipinski definition) is 0. The topological polar surface area (TPSA) is 37.4 Å². The molecule has 2 heterocycles. The zero-order valence-corrected chi connectivity index (χ0v) is 13.2. The fourth-order valence-corrected chi connectivity index (χ4v) is 7.02. The van der Waals surface area contributed by atoms with Crippen LogP contribution in [0, 0.1) is 13.8 Å². The predicted molar refractivity (Wildman–Crippen MR) is 84.8 cm³/mol. The Kier molecular flexibility index (Phi) is 3.15. The molecule has 102 valence electrons. The quantitative estimate of drug-likeness (QED) is 0.744. The summed E-state index contributed by atoms with van der Waals surface area (Å²) in [4.78, 5) is 2.03. The molecule has 0 aliphatic carbocycles. The molecular formula is C13H15NO2S3. The summed E-state index contributed by atoms with van der Waals surface area (Å²) in [5.41, 5.74) is 3.46. The van der Waals surface area contributed by atoms with Gasteiger partial charge in [-0.25, -0.2) is 8.42 Å². The van der Waals surface area contributed by atoms with Crippen molar-refractivity contribution in [3.63, 3.8) is 0 Å². The van der Waals surface area contributed by atoms with E-state index in [0.717, 1.165) is 10.0 Å². The fraction of sp³-hybridized carbons (Fsp3) is 0.462. The highest BCUT2D eigenvalue weighted by Gasteiger charge is 2.48. The minimum Gasteiger partial charge on any atom is -0.322 e. The minimum atomic E-state index is -2.91. The standard InChI is InChI=1S/C13H15NO2S3/c1-8-3-4-10(5-9(8)2)14-11-6-19(15,16)7-12(11)18-13(14)17/h3-5,11-12H,6-7H2,1-2H3/t11-,12+/m1/s1. The summed E-state index contributed by atoms with van der Waals surface area (Å²) >= 11 is 6.95. The molecular weight excluding hydrogens is 298 g/mol. The van der Waals surface area contributed by atoms with Crippen molar-refractivity contribution in [3.8, 4) is 0 Å². The van der Waals surface area contributed by atoms with Gasteiger partial charge in [-0.3, -0.25) is 0 Å². The van der Waals surface area contributed by atoms with Crippen molar-refractivity contribution in [2.24, 2.45) is 0 Å². The van der Waals surface area contributed by atoms with E-state index in [1.54, 1.807) is 0 Å². The predicted octanol–water partition coefficient (Wildman–Crippen LogP) is 2.31. The number of thiocarbonyl (C=S) groups is 1. The van der Waals surface area contributed by atoms with E-state index in [1.807, 2.05) is 11.0 Å². The molecule has 3 nitrogen and oxygen atoms in total. The van der Waals surface area contributed by atoms with Gasteiger partial charge in [0.25, 0.3) is 0 Å². The molecule has 3 rings (SSSR count). The number of hydrogen-bond acceptors (Lipinski definition) is 4. The van der Waals surface area contributed by atoms with E-state index in [1.165, 1.54) is 22.9 Å². The molecule has 2 atom stereocenters. The van der Waals surface area contributed by atoms with Gasteiger partial charge in [0.05, 0.1) is 17.5 Å². The normalized spacial score (nSPS) is 28.7. The third-order valence-electron chi connectivity index (χ3n) is 3.82. The Bertz CT molecular complexity index is 654. The molecule has 2 fully saturated rings. The summed E-state index contributed by atoms with van der Waals surface area (Å²) in [5.74, 6) is 0.474. The number of nitrogens with zero attached hydrogens (tertiary/aromatic N) is 1. The van der Waals surface area contributed by atoms with Gasteiger partial charge in [0.2, 0.25) is 0 Å². The Morgan fingerprint density at radius 3 is 2.68 bits per heavy atom.